The molecule has 0 aromatic carbocycles. The maximum Gasteiger partial charge on any atom is 0.412 e. The molecule has 1 rings (SSSR count). The zero-order valence-corrected chi connectivity index (χ0v) is 5.91. The summed E-state index contributed by atoms with van der Waals surface area (Å²) in [5, 5.41) is 8.66. The molecule has 0 unspecified atom stereocenters. The first-order valence-electron chi connectivity index (χ1n) is 3.33. The molecule has 0 aromatic rings. The first-order chi connectivity index (χ1) is 4.79. The van der Waals surface area contributed by atoms with E-state index in [1.807, 2.05) is 6.92 Å². The second kappa shape index (κ2) is 2.88. The minimum Gasteiger partial charge on any atom is -0.447 e. The van der Waals surface area contributed by atoms with Crippen LogP contribution in [0.3, 0.4) is 0 Å². The number of carbonyl (C=O) groups is 1. The van der Waals surface area contributed by atoms with Crippen LogP contribution in [-0.4, -0.2) is 35.5 Å². The van der Waals surface area contributed by atoms with Crippen LogP contribution in [0.25, 0.3) is 0 Å². The molecule has 1 atom stereocenters. The lowest BCUT2D eigenvalue weighted by molar-refractivity contribution is 0.105. The lowest BCUT2D eigenvalue weighted by Gasteiger charge is -2.15. The molecule has 4 nitrogen and oxygen atoms in total. The Morgan fingerprint density at radius 2 is 2.60 bits per heavy atom. The van der Waals surface area contributed by atoms with Crippen LogP contribution in [0, 0.1) is 0 Å². The van der Waals surface area contributed by atoms with Gasteiger partial charge in [0.1, 0.15) is 13.3 Å². The Kier molecular flexibility index (Phi) is 2.11. The van der Waals surface area contributed by atoms with Crippen LogP contribution in [0.4, 0.5) is 4.79 Å². The number of amides is 1. The van der Waals surface area contributed by atoms with Gasteiger partial charge < -0.3 is 9.84 Å². The molecule has 1 aliphatic rings. The van der Waals surface area contributed by atoms with E-state index in [0.29, 0.717) is 6.61 Å². The van der Waals surface area contributed by atoms with Crippen molar-refractivity contribution in [3.63, 3.8) is 0 Å². The molecule has 0 radical (unpaired) electrons. The SMILES string of the molecule is CC[C@H]1COC(=O)N1CO. The molecule has 1 heterocycles. The lowest BCUT2D eigenvalue weighted by Crippen LogP contribution is -2.33. The zero-order valence-electron chi connectivity index (χ0n) is 5.91. The number of hydrogen-bond donors (Lipinski definition) is 1. The summed E-state index contributed by atoms with van der Waals surface area (Å²) in [4.78, 5) is 12.0. The summed E-state index contributed by atoms with van der Waals surface area (Å²) in [6, 6.07) is 0.0671. The third kappa shape index (κ3) is 1.07. The summed E-state index contributed by atoms with van der Waals surface area (Å²) in [5.74, 6) is 0. The molecule has 1 aliphatic heterocycles. The highest BCUT2D eigenvalue weighted by Crippen LogP contribution is 2.13. The molecule has 58 valence electrons. The minimum atomic E-state index is -0.408. The molecule has 0 saturated carbocycles. The topological polar surface area (TPSA) is 49.8 Å². The molecular weight excluding hydrogens is 134 g/mol. The second-order valence-corrected chi connectivity index (χ2v) is 2.25. The van der Waals surface area contributed by atoms with E-state index in [-0.39, 0.29) is 12.8 Å². The van der Waals surface area contributed by atoms with Crippen molar-refractivity contribution in [1.82, 2.24) is 4.90 Å². The van der Waals surface area contributed by atoms with E-state index in [2.05, 4.69) is 4.74 Å². The van der Waals surface area contributed by atoms with Crippen LogP contribution in [0.5, 0.6) is 0 Å². The number of nitrogens with zero attached hydrogens (tertiary/aromatic N) is 1. The number of hydrogen-bond acceptors (Lipinski definition) is 3. The minimum absolute atomic E-state index is 0.0671. The van der Waals surface area contributed by atoms with Gasteiger partial charge in [-0.15, -0.1) is 0 Å². The van der Waals surface area contributed by atoms with Gasteiger partial charge in [0.05, 0.1) is 6.04 Å². The highest BCUT2D eigenvalue weighted by atomic mass is 16.6. The fraction of sp³-hybridized carbons (Fsp3) is 0.833. The molecule has 0 bridgehead atoms. The van der Waals surface area contributed by atoms with Crippen LogP contribution in [0.1, 0.15) is 13.3 Å². The van der Waals surface area contributed by atoms with E-state index < -0.39 is 6.09 Å². The van der Waals surface area contributed by atoms with Crippen molar-refractivity contribution < 1.29 is 14.6 Å². The first kappa shape index (κ1) is 7.34. The van der Waals surface area contributed by atoms with Gasteiger partial charge in [-0.1, -0.05) is 6.92 Å². The molecule has 0 aliphatic carbocycles. The van der Waals surface area contributed by atoms with Gasteiger partial charge >= 0.3 is 6.09 Å². The van der Waals surface area contributed by atoms with Crippen LogP contribution in [-0.2, 0) is 4.74 Å². The molecule has 1 fully saturated rings. The van der Waals surface area contributed by atoms with Gasteiger partial charge in [-0.2, -0.15) is 0 Å². The fourth-order valence-corrected chi connectivity index (χ4v) is 1.00. The van der Waals surface area contributed by atoms with Gasteiger partial charge in [-0.25, -0.2) is 4.79 Å². The highest BCUT2D eigenvalue weighted by molar-refractivity contribution is 5.69. The molecule has 0 spiro atoms. The average Bonchev–Trinajstić information content (AvgIpc) is 2.30. The van der Waals surface area contributed by atoms with Crippen LogP contribution in [0.2, 0.25) is 0 Å². The normalized spacial score (nSPS) is 25.2. The van der Waals surface area contributed by atoms with Crippen LogP contribution >= 0.6 is 0 Å². The molecule has 0 aromatic heterocycles. The van der Waals surface area contributed by atoms with E-state index in [1.54, 1.807) is 0 Å². The molecule has 1 amide bonds. The van der Waals surface area contributed by atoms with Crippen molar-refractivity contribution in [3.8, 4) is 0 Å². The van der Waals surface area contributed by atoms with Crippen molar-refractivity contribution in [2.75, 3.05) is 13.3 Å². The Labute approximate surface area is 59.4 Å². The van der Waals surface area contributed by atoms with E-state index in [4.69, 9.17) is 5.11 Å². The van der Waals surface area contributed by atoms with Gasteiger partial charge in [0.25, 0.3) is 0 Å². The van der Waals surface area contributed by atoms with Gasteiger partial charge in [0, 0.05) is 0 Å². The Bertz CT molecular complexity index is 137. The first-order valence-corrected chi connectivity index (χ1v) is 3.33. The standard InChI is InChI=1S/C6H11NO3/c1-2-5-3-10-6(9)7(5)4-8/h5,8H,2-4H2,1H3/t5-/m0/s1. The molecule has 4 heteroatoms. The Morgan fingerprint density at radius 1 is 1.90 bits per heavy atom. The number of aliphatic hydroxyl groups excluding tert-OH is 1. The maximum absolute atomic E-state index is 10.7. The third-order valence-corrected chi connectivity index (χ3v) is 1.70. The largest absolute Gasteiger partial charge is 0.447 e. The smallest absolute Gasteiger partial charge is 0.412 e. The number of cyclic esters (lactones) is 1. The van der Waals surface area contributed by atoms with Crippen molar-refractivity contribution in [2.24, 2.45) is 0 Å². The van der Waals surface area contributed by atoms with E-state index >= 15 is 0 Å². The van der Waals surface area contributed by atoms with Crippen LogP contribution < -0.4 is 0 Å². The summed E-state index contributed by atoms with van der Waals surface area (Å²) in [7, 11) is 0. The monoisotopic (exact) mass is 145 g/mol. The van der Waals surface area contributed by atoms with Gasteiger partial charge in [-0.3, -0.25) is 4.90 Å². The van der Waals surface area contributed by atoms with Gasteiger partial charge in [0.15, 0.2) is 0 Å². The molecule has 10 heavy (non-hydrogen) atoms. The van der Waals surface area contributed by atoms with Crippen molar-refractivity contribution >= 4 is 6.09 Å². The Morgan fingerprint density at radius 3 is 3.00 bits per heavy atom. The summed E-state index contributed by atoms with van der Waals surface area (Å²) in [5.41, 5.74) is 0. The quantitative estimate of drug-likeness (QED) is 0.602. The summed E-state index contributed by atoms with van der Waals surface area (Å²) in [6.07, 6.45) is 0.418. The molecular formula is C6H11NO3. The average molecular weight is 145 g/mol. The summed E-state index contributed by atoms with van der Waals surface area (Å²) in [6.45, 7) is 2.13. The second-order valence-electron chi connectivity index (χ2n) is 2.25. The van der Waals surface area contributed by atoms with Crippen molar-refractivity contribution in [2.45, 2.75) is 19.4 Å². The van der Waals surface area contributed by atoms with Crippen LogP contribution in [0.15, 0.2) is 0 Å². The predicted molar refractivity (Wildman–Crippen MR) is 34.4 cm³/mol. The predicted octanol–water partition coefficient (Wildman–Crippen LogP) is 0.167. The number of aliphatic hydroxyl groups is 1. The zero-order chi connectivity index (χ0) is 7.56. The van der Waals surface area contributed by atoms with E-state index in [9.17, 15) is 4.79 Å². The number of carbonyl (C=O) groups excluding carboxylic acids is 1. The maximum atomic E-state index is 10.7. The van der Waals surface area contributed by atoms with Gasteiger partial charge in [0.2, 0.25) is 0 Å². The highest BCUT2D eigenvalue weighted by Gasteiger charge is 2.30. The third-order valence-electron chi connectivity index (χ3n) is 1.70. The lowest BCUT2D eigenvalue weighted by atomic mass is 10.2. The summed E-state index contributed by atoms with van der Waals surface area (Å²) < 4.78 is 4.69. The summed E-state index contributed by atoms with van der Waals surface area (Å²) >= 11 is 0. The van der Waals surface area contributed by atoms with Gasteiger partial charge in [-0.05, 0) is 6.42 Å². The number of ether oxygens (including phenoxy) is 1. The molecule has 1 N–H and O–H groups in total. The Balaban J connectivity index is 2.54. The molecule has 1 saturated heterocycles. The van der Waals surface area contributed by atoms with Crippen molar-refractivity contribution in [1.29, 1.82) is 0 Å². The van der Waals surface area contributed by atoms with E-state index in [1.165, 1.54) is 4.90 Å². The number of rotatable bonds is 2. The Hall–Kier alpha value is -0.770. The fourth-order valence-electron chi connectivity index (χ4n) is 1.00. The van der Waals surface area contributed by atoms with Crippen molar-refractivity contribution in [3.05, 3.63) is 0 Å². The van der Waals surface area contributed by atoms with E-state index in [0.717, 1.165) is 6.42 Å².